The monoisotopic (exact) mass is 638 g/mol. The fourth-order valence-corrected chi connectivity index (χ4v) is 6.36. The van der Waals surface area contributed by atoms with E-state index in [1.165, 1.54) is 9.80 Å². The van der Waals surface area contributed by atoms with Crippen LogP contribution in [0, 0.1) is 0 Å². The molecule has 6 N–H and O–H groups in total. The Kier molecular flexibility index (Phi) is 9.73. The first-order valence-corrected chi connectivity index (χ1v) is 15.9. The van der Waals surface area contributed by atoms with E-state index in [0.717, 1.165) is 28.6 Å². The van der Waals surface area contributed by atoms with E-state index in [-0.39, 0.29) is 49.9 Å². The standard InChI is InChI=1S/C35H38N6O6/c42-20-16-38-28-10-8-26-30-22(28)4-1-6-24(30)32(44)40(34(26)46)18-14-36-12-3-13-37-15-19-41-33(45)25-7-2-5-23-29(39-17-21-43)11-9-27(31(23)25)35(41)47/h1-2,4-11,36-39,42-43H,3,12-21H2. The van der Waals surface area contributed by atoms with Crippen LogP contribution in [0.15, 0.2) is 60.7 Å². The summed E-state index contributed by atoms with van der Waals surface area (Å²) in [5, 5.41) is 34.0. The van der Waals surface area contributed by atoms with E-state index >= 15 is 0 Å². The second-order valence-corrected chi connectivity index (χ2v) is 11.5. The Morgan fingerprint density at radius 3 is 1.30 bits per heavy atom. The van der Waals surface area contributed by atoms with E-state index in [0.29, 0.717) is 72.3 Å². The van der Waals surface area contributed by atoms with E-state index in [1.807, 2.05) is 12.1 Å². The molecule has 4 aromatic rings. The number of benzene rings is 4. The van der Waals surface area contributed by atoms with Gasteiger partial charge in [-0.15, -0.1) is 0 Å². The van der Waals surface area contributed by atoms with E-state index in [1.54, 1.807) is 48.5 Å². The maximum absolute atomic E-state index is 13.3. The summed E-state index contributed by atoms with van der Waals surface area (Å²) in [5.74, 6) is -1.30. The maximum Gasteiger partial charge on any atom is 0.261 e. The number of hydrogen-bond acceptors (Lipinski definition) is 10. The zero-order valence-electron chi connectivity index (χ0n) is 26.0. The normalized spacial score (nSPS) is 14.1. The molecule has 2 aliphatic heterocycles. The van der Waals surface area contributed by atoms with Crippen molar-refractivity contribution in [2.75, 3.05) is 76.2 Å². The zero-order chi connectivity index (χ0) is 32.9. The van der Waals surface area contributed by atoms with Crippen molar-refractivity contribution in [2.24, 2.45) is 0 Å². The summed E-state index contributed by atoms with van der Waals surface area (Å²) in [4.78, 5) is 55.6. The second kappa shape index (κ2) is 14.3. The van der Waals surface area contributed by atoms with Crippen LogP contribution in [0.2, 0.25) is 0 Å². The Hall–Kier alpha value is -4.88. The minimum atomic E-state index is -0.324. The SMILES string of the molecule is O=C1c2cccc3c(NCCO)ccc(c23)C(=O)N1CCNCCCNCCN1C(=O)c2cccc3c(NCCO)ccc(c23)C1=O. The lowest BCUT2D eigenvalue weighted by Gasteiger charge is -2.28. The number of aliphatic hydroxyl groups is 2. The number of carbonyl (C=O) groups is 4. The number of nitrogens with one attached hydrogen (secondary N) is 4. The molecule has 0 aromatic heterocycles. The van der Waals surface area contributed by atoms with E-state index in [4.69, 9.17) is 0 Å². The van der Waals surface area contributed by atoms with Gasteiger partial charge in [0.05, 0.1) is 13.2 Å². The summed E-state index contributed by atoms with van der Waals surface area (Å²) < 4.78 is 0. The predicted molar refractivity (Wildman–Crippen MR) is 180 cm³/mol. The van der Waals surface area contributed by atoms with Gasteiger partial charge in [0.15, 0.2) is 0 Å². The van der Waals surface area contributed by atoms with Crippen LogP contribution >= 0.6 is 0 Å². The van der Waals surface area contributed by atoms with Crippen molar-refractivity contribution in [3.05, 3.63) is 82.9 Å². The molecule has 0 unspecified atom stereocenters. The van der Waals surface area contributed by atoms with Crippen LogP contribution in [0.25, 0.3) is 21.5 Å². The first-order chi connectivity index (χ1) is 23.0. The van der Waals surface area contributed by atoms with Gasteiger partial charge >= 0.3 is 0 Å². The minimum absolute atomic E-state index is 0.0295. The quantitative estimate of drug-likeness (QED) is 0.0793. The first-order valence-electron chi connectivity index (χ1n) is 15.9. The Labute approximate surface area is 271 Å². The van der Waals surface area contributed by atoms with Gasteiger partial charge in [0.1, 0.15) is 0 Å². The largest absolute Gasteiger partial charge is 0.395 e. The average Bonchev–Trinajstić information content (AvgIpc) is 3.09. The lowest BCUT2D eigenvalue weighted by molar-refractivity contribution is 0.0597. The molecule has 0 radical (unpaired) electrons. The van der Waals surface area contributed by atoms with Gasteiger partial charge in [0, 0.05) is 94.4 Å². The van der Waals surface area contributed by atoms with Crippen molar-refractivity contribution in [1.82, 2.24) is 20.4 Å². The number of hydrogen-bond donors (Lipinski definition) is 6. The lowest BCUT2D eigenvalue weighted by Crippen LogP contribution is -2.44. The fraction of sp³-hybridized carbons (Fsp3) is 0.314. The molecule has 4 amide bonds. The highest BCUT2D eigenvalue weighted by atomic mass is 16.3. The number of aliphatic hydroxyl groups excluding tert-OH is 2. The van der Waals surface area contributed by atoms with Crippen LogP contribution in [0.4, 0.5) is 11.4 Å². The molecule has 0 fully saturated rings. The Morgan fingerprint density at radius 1 is 0.489 bits per heavy atom. The number of carbonyl (C=O) groups excluding carboxylic acids is 4. The van der Waals surface area contributed by atoms with Crippen molar-refractivity contribution in [3.8, 4) is 0 Å². The molecule has 4 aromatic carbocycles. The number of rotatable bonds is 16. The number of amides is 4. The van der Waals surface area contributed by atoms with Gasteiger partial charge in [-0.2, -0.15) is 0 Å². The van der Waals surface area contributed by atoms with Crippen LogP contribution in [0.3, 0.4) is 0 Å². The van der Waals surface area contributed by atoms with Gasteiger partial charge < -0.3 is 31.5 Å². The molecular formula is C35H38N6O6. The fourth-order valence-electron chi connectivity index (χ4n) is 6.36. The van der Waals surface area contributed by atoms with Gasteiger partial charge in [-0.25, -0.2) is 0 Å². The number of imide groups is 2. The summed E-state index contributed by atoms with van der Waals surface area (Å²) in [6, 6.07) is 17.9. The average molecular weight is 639 g/mol. The summed E-state index contributed by atoms with van der Waals surface area (Å²) in [6.45, 7) is 3.33. The van der Waals surface area contributed by atoms with Crippen molar-refractivity contribution in [1.29, 1.82) is 0 Å². The van der Waals surface area contributed by atoms with Crippen molar-refractivity contribution < 1.29 is 29.4 Å². The highest BCUT2D eigenvalue weighted by molar-refractivity contribution is 6.27. The number of nitrogens with zero attached hydrogens (tertiary/aromatic N) is 2. The van der Waals surface area contributed by atoms with Crippen molar-refractivity contribution >= 4 is 56.5 Å². The summed E-state index contributed by atoms with van der Waals surface area (Å²) >= 11 is 0. The molecular weight excluding hydrogens is 600 g/mol. The van der Waals surface area contributed by atoms with Crippen LogP contribution in [0.1, 0.15) is 47.9 Å². The van der Waals surface area contributed by atoms with Crippen molar-refractivity contribution in [3.63, 3.8) is 0 Å². The molecule has 2 aliphatic rings. The van der Waals surface area contributed by atoms with Crippen LogP contribution < -0.4 is 21.3 Å². The Bertz CT molecular complexity index is 1680. The molecule has 0 aliphatic carbocycles. The van der Waals surface area contributed by atoms with Gasteiger partial charge in [-0.1, -0.05) is 24.3 Å². The van der Waals surface area contributed by atoms with Gasteiger partial charge in [0.2, 0.25) is 0 Å². The van der Waals surface area contributed by atoms with Crippen molar-refractivity contribution in [2.45, 2.75) is 6.42 Å². The molecule has 47 heavy (non-hydrogen) atoms. The van der Waals surface area contributed by atoms with E-state index in [9.17, 15) is 29.4 Å². The topological polar surface area (TPSA) is 163 Å². The highest BCUT2D eigenvalue weighted by Gasteiger charge is 2.34. The number of anilines is 2. The Balaban J connectivity index is 0.953. The molecule has 0 saturated heterocycles. The third-order valence-corrected chi connectivity index (χ3v) is 8.57. The first kappa shape index (κ1) is 32.1. The third-order valence-electron chi connectivity index (χ3n) is 8.57. The zero-order valence-corrected chi connectivity index (χ0v) is 26.0. The summed E-state index contributed by atoms with van der Waals surface area (Å²) in [6.07, 6.45) is 0.765. The van der Waals surface area contributed by atoms with Crippen LogP contribution in [0.5, 0.6) is 0 Å². The molecule has 12 heteroatoms. The third kappa shape index (κ3) is 6.15. The molecule has 244 valence electrons. The Morgan fingerprint density at radius 2 is 0.894 bits per heavy atom. The second-order valence-electron chi connectivity index (χ2n) is 11.5. The van der Waals surface area contributed by atoms with Crippen LogP contribution in [-0.4, -0.2) is 109 Å². The lowest BCUT2D eigenvalue weighted by atomic mass is 9.93. The highest BCUT2D eigenvalue weighted by Crippen LogP contribution is 2.35. The van der Waals surface area contributed by atoms with E-state index < -0.39 is 0 Å². The molecule has 0 atom stereocenters. The van der Waals surface area contributed by atoms with E-state index in [2.05, 4.69) is 21.3 Å². The predicted octanol–water partition coefficient (Wildman–Crippen LogP) is 2.26. The molecule has 0 saturated carbocycles. The molecule has 6 rings (SSSR count). The van der Waals surface area contributed by atoms with Crippen LogP contribution in [-0.2, 0) is 0 Å². The summed E-state index contributed by atoms with van der Waals surface area (Å²) in [5.41, 5.74) is 3.48. The maximum atomic E-state index is 13.3. The molecule has 2 heterocycles. The smallest absolute Gasteiger partial charge is 0.261 e. The van der Waals surface area contributed by atoms with Gasteiger partial charge in [0.25, 0.3) is 23.6 Å². The molecule has 0 bridgehead atoms. The van der Waals surface area contributed by atoms with Gasteiger partial charge in [-0.3, -0.25) is 29.0 Å². The molecule has 12 nitrogen and oxygen atoms in total. The minimum Gasteiger partial charge on any atom is -0.395 e. The summed E-state index contributed by atoms with van der Waals surface area (Å²) in [7, 11) is 0. The van der Waals surface area contributed by atoms with Gasteiger partial charge in [-0.05, 0) is 55.9 Å². The molecule has 0 spiro atoms.